The smallest absolute Gasteiger partial charge is 0.410 e. The number of hydrogen-bond acceptors (Lipinski definition) is 4. The van der Waals surface area contributed by atoms with Gasteiger partial charge in [0, 0.05) is 20.1 Å². The molecule has 19 heavy (non-hydrogen) atoms. The van der Waals surface area contributed by atoms with Crippen LogP contribution in [0.4, 0.5) is 4.79 Å². The Labute approximate surface area is 122 Å². The first kappa shape index (κ1) is 16.2. The fourth-order valence-electron chi connectivity index (χ4n) is 2.27. The predicted octanol–water partition coefficient (Wildman–Crippen LogP) is 2.14. The molecular formula is C13H20BrNO4. The first-order chi connectivity index (χ1) is 9.13. The Bertz CT molecular complexity index is 335. The van der Waals surface area contributed by atoms with E-state index in [1.54, 1.807) is 12.0 Å². The van der Waals surface area contributed by atoms with Gasteiger partial charge >= 0.3 is 6.09 Å². The maximum absolute atomic E-state index is 12.0. The number of ketones is 1. The first-order valence-corrected chi connectivity index (χ1v) is 7.41. The van der Waals surface area contributed by atoms with Gasteiger partial charge in [0.2, 0.25) is 0 Å². The van der Waals surface area contributed by atoms with Gasteiger partial charge in [-0.1, -0.05) is 28.6 Å². The molecule has 2 atom stereocenters. The van der Waals surface area contributed by atoms with E-state index >= 15 is 0 Å². The highest BCUT2D eigenvalue weighted by atomic mass is 79.9. The van der Waals surface area contributed by atoms with E-state index in [-0.39, 0.29) is 36.3 Å². The molecule has 6 heteroatoms. The SMILES string of the molecule is C=CCOC(=O)N1CCC[C@@H](OC)[C@@H]1CC(=O)CBr. The lowest BCUT2D eigenvalue weighted by Crippen LogP contribution is -2.52. The summed E-state index contributed by atoms with van der Waals surface area (Å²) in [5.74, 6) is 0.0514. The van der Waals surface area contributed by atoms with Crippen molar-refractivity contribution in [1.29, 1.82) is 0 Å². The Balaban J connectivity index is 2.75. The molecule has 0 bridgehead atoms. The summed E-state index contributed by atoms with van der Waals surface area (Å²) >= 11 is 3.14. The quantitative estimate of drug-likeness (QED) is 0.552. The van der Waals surface area contributed by atoms with Crippen LogP contribution in [0.2, 0.25) is 0 Å². The first-order valence-electron chi connectivity index (χ1n) is 6.28. The number of nitrogens with zero attached hydrogens (tertiary/aromatic N) is 1. The fourth-order valence-corrected chi connectivity index (χ4v) is 2.49. The van der Waals surface area contributed by atoms with E-state index in [0.29, 0.717) is 6.54 Å². The molecule has 1 aliphatic heterocycles. The average Bonchev–Trinajstić information content (AvgIpc) is 2.44. The summed E-state index contributed by atoms with van der Waals surface area (Å²) in [6, 6.07) is -0.249. The van der Waals surface area contributed by atoms with Crippen LogP contribution in [-0.4, -0.2) is 54.5 Å². The van der Waals surface area contributed by atoms with Crippen LogP contribution in [0, 0.1) is 0 Å². The molecule has 1 aliphatic rings. The van der Waals surface area contributed by atoms with Gasteiger partial charge in [0.1, 0.15) is 12.4 Å². The number of amides is 1. The highest BCUT2D eigenvalue weighted by Gasteiger charge is 2.36. The summed E-state index contributed by atoms with van der Waals surface area (Å²) in [6.07, 6.45) is 2.98. The van der Waals surface area contributed by atoms with Crippen LogP contribution in [0.15, 0.2) is 12.7 Å². The number of rotatable bonds is 6. The third-order valence-corrected chi connectivity index (χ3v) is 3.79. The van der Waals surface area contributed by atoms with Crippen molar-refractivity contribution < 1.29 is 19.1 Å². The minimum Gasteiger partial charge on any atom is -0.445 e. The Kier molecular flexibility index (Phi) is 7.09. The molecule has 108 valence electrons. The molecule has 1 fully saturated rings. The second kappa shape index (κ2) is 8.32. The van der Waals surface area contributed by atoms with Crippen molar-refractivity contribution in [2.75, 3.05) is 25.6 Å². The number of methoxy groups -OCH3 is 1. The Morgan fingerprint density at radius 2 is 2.26 bits per heavy atom. The largest absolute Gasteiger partial charge is 0.445 e. The van der Waals surface area contributed by atoms with Crippen LogP contribution in [0.1, 0.15) is 19.3 Å². The molecule has 0 aromatic rings. The normalized spacial score (nSPS) is 22.9. The minimum absolute atomic E-state index is 0.0514. The van der Waals surface area contributed by atoms with Gasteiger partial charge in [0.25, 0.3) is 0 Å². The topological polar surface area (TPSA) is 55.8 Å². The van der Waals surface area contributed by atoms with Crippen molar-refractivity contribution in [2.45, 2.75) is 31.4 Å². The third-order valence-electron chi connectivity index (χ3n) is 3.16. The molecule has 0 aromatic heterocycles. The van der Waals surface area contributed by atoms with Crippen LogP contribution in [-0.2, 0) is 14.3 Å². The minimum atomic E-state index is -0.408. The van der Waals surface area contributed by atoms with Crippen molar-refractivity contribution in [1.82, 2.24) is 4.90 Å². The zero-order valence-electron chi connectivity index (χ0n) is 11.1. The predicted molar refractivity (Wildman–Crippen MR) is 75.5 cm³/mol. The van der Waals surface area contributed by atoms with E-state index in [1.165, 1.54) is 6.08 Å². The fraction of sp³-hybridized carbons (Fsp3) is 0.692. The third kappa shape index (κ3) is 4.62. The van der Waals surface area contributed by atoms with Crippen molar-refractivity contribution in [3.05, 3.63) is 12.7 Å². The monoisotopic (exact) mass is 333 g/mol. The lowest BCUT2D eigenvalue weighted by atomic mass is 9.95. The Hall–Kier alpha value is -0.880. The molecule has 1 amide bonds. The second-order valence-corrected chi connectivity index (χ2v) is 4.98. The summed E-state index contributed by atoms with van der Waals surface area (Å²) in [5.41, 5.74) is 0. The summed E-state index contributed by atoms with van der Waals surface area (Å²) in [5, 5.41) is 0.287. The molecule has 1 saturated heterocycles. The highest BCUT2D eigenvalue weighted by Crippen LogP contribution is 2.24. The van der Waals surface area contributed by atoms with Gasteiger partial charge in [-0.05, 0) is 12.8 Å². The van der Waals surface area contributed by atoms with Gasteiger partial charge in [-0.2, -0.15) is 0 Å². The molecule has 0 unspecified atom stereocenters. The maximum atomic E-state index is 12.0. The summed E-state index contributed by atoms with van der Waals surface area (Å²) in [6.45, 7) is 4.27. The van der Waals surface area contributed by atoms with E-state index in [1.807, 2.05) is 0 Å². The molecule has 0 radical (unpaired) electrons. The van der Waals surface area contributed by atoms with Crippen LogP contribution in [0.25, 0.3) is 0 Å². The number of carbonyl (C=O) groups excluding carboxylic acids is 2. The van der Waals surface area contributed by atoms with Gasteiger partial charge in [-0.25, -0.2) is 4.79 Å². The number of piperidine rings is 1. The summed E-state index contributed by atoms with van der Waals surface area (Å²) in [7, 11) is 1.61. The van der Waals surface area contributed by atoms with Gasteiger partial charge < -0.3 is 14.4 Å². The number of carbonyl (C=O) groups is 2. The number of Topliss-reactive ketones (excluding diaryl/α,β-unsaturated/α-hetero) is 1. The van der Waals surface area contributed by atoms with Gasteiger partial charge in [-0.3, -0.25) is 4.79 Å². The Morgan fingerprint density at radius 1 is 1.53 bits per heavy atom. The Morgan fingerprint density at radius 3 is 2.84 bits per heavy atom. The van der Waals surface area contributed by atoms with E-state index in [0.717, 1.165) is 12.8 Å². The molecular weight excluding hydrogens is 314 g/mol. The molecule has 0 spiro atoms. The molecule has 0 saturated carbocycles. The molecule has 5 nitrogen and oxygen atoms in total. The lowest BCUT2D eigenvalue weighted by molar-refractivity contribution is -0.119. The van der Waals surface area contributed by atoms with Gasteiger partial charge in [0.05, 0.1) is 17.5 Å². The van der Waals surface area contributed by atoms with Crippen molar-refractivity contribution in [3.8, 4) is 0 Å². The second-order valence-electron chi connectivity index (χ2n) is 4.42. The molecule has 1 heterocycles. The van der Waals surface area contributed by atoms with Crippen molar-refractivity contribution in [2.24, 2.45) is 0 Å². The van der Waals surface area contributed by atoms with Crippen molar-refractivity contribution >= 4 is 27.8 Å². The summed E-state index contributed by atoms with van der Waals surface area (Å²) < 4.78 is 10.5. The zero-order chi connectivity index (χ0) is 14.3. The molecule has 0 N–H and O–H groups in total. The average molecular weight is 334 g/mol. The molecule has 0 aromatic carbocycles. The van der Waals surface area contributed by atoms with Crippen LogP contribution < -0.4 is 0 Å². The molecule has 0 aliphatic carbocycles. The van der Waals surface area contributed by atoms with E-state index in [2.05, 4.69) is 22.5 Å². The number of likely N-dealkylation sites (tertiary alicyclic amines) is 1. The number of alkyl halides is 1. The van der Waals surface area contributed by atoms with E-state index in [4.69, 9.17) is 9.47 Å². The van der Waals surface area contributed by atoms with E-state index < -0.39 is 6.09 Å². The highest BCUT2D eigenvalue weighted by molar-refractivity contribution is 9.09. The van der Waals surface area contributed by atoms with Crippen LogP contribution in [0.5, 0.6) is 0 Å². The van der Waals surface area contributed by atoms with Crippen LogP contribution in [0.3, 0.4) is 0 Å². The molecule has 1 rings (SSSR count). The van der Waals surface area contributed by atoms with Gasteiger partial charge in [-0.15, -0.1) is 0 Å². The van der Waals surface area contributed by atoms with E-state index in [9.17, 15) is 9.59 Å². The van der Waals surface area contributed by atoms with Crippen LogP contribution >= 0.6 is 15.9 Å². The maximum Gasteiger partial charge on any atom is 0.410 e. The zero-order valence-corrected chi connectivity index (χ0v) is 12.7. The van der Waals surface area contributed by atoms with Crippen molar-refractivity contribution in [3.63, 3.8) is 0 Å². The number of hydrogen-bond donors (Lipinski definition) is 0. The lowest BCUT2D eigenvalue weighted by Gasteiger charge is -2.39. The van der Waals surface area contributed by atoms with Gasteiger partial charge in [0.15, 0.2) is 0 Å². The summed E-state index contributed by atoms with van der Waals surface area (Å²) in [4.78, 5) is 25.2. The number of halogens is 1. The standard InChI is InChI=1S/C13H20BrNO4/c1-3-7-19-13(17)15-6-4-5-12(18-2)11(15)8-10(16)9-14/h3,11-12H,1,4-9H2,2H3/t11-,12+/m0/s1. The number of ether oxygens (including phenoxy) is 2.